The van der Waals surface area contributed by atoms with Crippen molar-refractivity contribution in [3.8, 4) is 0 Å². The van der Waals surface area contributed by atoms with E-state index in [1.165, 1.54) is 122 Å². The molecule has 17 aliphatic carbocycles. The molecule has 28 unspecified atom stereocenters. The van der Waals surface area contributed by atoms with Crippen molar-refractivity contribution in [1.82, 2.24) is 0 Å². The minimum absolute atomic E-state index is 0.0347. The van der Waals surface area contributed by atoms with E-state index in [0.29, 0.717) is 53.3 Å². The van der Waals surface area contributed by atoms with E-state index in [9.17, 15) is 48.9 Å². The van der Waals surface area contributed by atoms with Crippen molar-refractivity contribution < 1.29 is 86.8 Å². The SMILES string of the molecule is CC1C(=O)OC(=O)C1C.CC1C(=O)OC(=O)C1C.CCC(C)(C)C(=O)OC1(CC)C2CC3CC(C2)CC1C3.CCC(C)C(=O)OC1(C)C2CC3CC(C2)CC1C3.CCC1(OC(=O)C2CC3CC2C(C)C3C)CCCC1.COCCCCC(O)C1CC2CC1C(C)C2C.COCCCCC(O)C1CC2CC1C(C)C2C.COCCCCC(O)C1CC2CC1C(C)C2C. The largest absolute Gasteiger partial charge is 0.459 e. The third-order valence-electron chi connectivity index (χ3n) is 39.6. The predicted octanol–water partition coefficient (Wildman–Crippen LogP) is 22.5. The van der Waals surface area contributed by atoms with Crippen LogP contribution in [0.1, 0.15) is 363 Å². The fourth-order valence-electron chi connectivity index (χ4n) is 29.2. The number of esters is 7. The van der Waals surface area contributed by atoms with Crippen molar-refractivity contribution in [1.29, 1.82) is 0 Å². The van der Waals surface area contributed by atoms with E-state index in [4.69, 9.17) is 28.4 Å². The van der Waals surface area contributed by atoms with Gasteiger partial charge in [0.1, 0.15) is 16.8 Å². The van der Waals surface area contributed by atoms with Gasteiger partial charge in [0.2, 0.25) is 0 Å². The van der Waals surface area contributed by atoms with Crippen molar-refractivity contribution in [3.63, 3.8) is 0 Å². The molecule has 19 aliphatic rings. The second-order valence-electron chi connectivity index (χ2n) is 46.5. The Hall–Kier alpha value is -3.55. The highest BCUT2D eigenvalue weighted by Gasteiger charge is 2.62. The van der Waals surface area contributed by atoms with Crippen LogP contribution in [0.15, 0.2) is 0 Å². The highest BCUT2D eigenvalue weighted by Crippen LogP contribution is 2.64. The summed E-state index contributed by atoms with van der Waals surface area (Å²) in [4.78, 5) is 79.6. The molecule has 18 nitrogen and oxygen atoms in total. The van der Waals surface area contributed by atoms with Gasteiger partial charge in [-0.15, -0.1) is 0 Å². The lowest BCUT2D eigenvalue weighted by Gasteiger charge is -2.60. The zero-order chi connectivity index (χ0) is 92.4. The Morgan fingerprint density at radius 2 is 0.738 bits per heavy atom. The topological polar surface area (TPSA) is 254 Å². The van der Waals surface area contributed by atoms with Gasteiger partial charge >= 0.3 is 41.8 Å². The van der Waals surface area contributed by atoms with Gasteiger partial charge in [0.05, 0.1) is 59.2 Å². The number of methoxy groups -OCH3 is 3. The number of cyclic esters (lactones) is 4. The Bertz CT molecular complexity index is 3190. The number of aliphatic hydroxyl groups excluding tert-OH is 3. The van der Waals surface area contributed by atoms with Crippen molar-refractivity contribution in [2.24, 2.45) is 201 Å². The zero-order valence-electron chi connectivity index (χ0n) is 83.6. The van der Waals surface area contributed by atoms with Gasteiger partial charge in [-0.3, -0.25) is 33.6 Å². The molecule has 126 heavy (non-hydrogen) atoms. The van der Waals surface area contributed by atoms with Crippen molar-refractivity contribution >= 4 is 41.8 Å². The van der Waals surface area contributed by atoms with Crippen LogP contribution in [-0.4, -0.2) is 133 Å². The Morgan fingerprint density at radius 3 is 1.01 bits per heavy atom. The molecular formula is C108H184O18. The normalized spacial score (nSPS) is 42.1. The molecule has 3 N–H and O–H groups in total. The van der Waals surface area contributed by atoms with E-state index >= 15 is 0 Å². The number of carbonyl (C=O) groups is 7. The van der Waals surface area contributed by atoms with Crippen LogP contribution in [0.4, 0.5) is 0 Å². The first kappa shape index (κ1) is 105. The van der Waals surface area contributed by atoms with Crippen LogP contribution in [0.25, 0.3) is 0 Å². The molecule has 0 amide bonds. The van der Waals surface area contributed by atoms with Crippen LogP contribution < -0.4 is 0 Å². The Labute approximate surface area is 764 Å². The van der Waals surface area contributed by atoms with Crippen LogP contribution in [-0.2, 0) is 71.5 Å². The van der Waals surface area contributed by atoms with Gasteiger partial charge in [-0.2, -0.15) is 0 Å². The van der Waals surface area contributed by atoms with Gasteiger partial charge in [-0.1, -0.05) is 118 Å². The summed E-state index contributed by atoms with van der Waals surface area (Å²) in [5, 5.41) is 31.0. The first-order valence-electron chi connectivity index (χ1n) is 52.4. The lowest BCUT2D eigenvalue weighted by Crippen LogP contribution is -2.60. The van der Waals surface area contributed by atoms with Crippen LogP contribution in [0.2, 0.25) is 0 Å². The number of unbranched alkanes of at least 4 members (excludes halogenated alkanes) is 3. The smallest absolute Gasteiger partial charge is 0.317 e. The minimum Gasteiger partial charge on any atom is -0.459 e. The molecule has 18 heteroatoms. The zero-order valence-corrected chi connectivity index (χ0v) is 83.6. The number of carbonyl (C=O) groups excluding carboxylic acids is 7. The molecule has 724 valence electrons. The van der Waals surface area contributed by atoms with Crippen LogP contribution >= 0.6 is 0 Å². The van der Waals surface area contributed by atoms with Gasteiger partial charge in [0.15, 0.2) is 0 Å². The maximum atomic E-state index is 12.6. The summed E-state index contributed by atoms with van der Waals surface area (Å²) >= 11 is 0. The molecule has 0 aromatic carbocycles. The van der Waals surface area contributed by atoms with Crippen molar-refractivity contribution in [2.45, 2.75) is 398 Å². The molecule has 19 fully saturated rings. The molecule has 2 aliphatic heterocycles. The van der Waals surface area contributed by atoms with Crippen molar-refractivity contribution in [3.05, 3.63) is 0 Å². The third kappa shape index (κ3) is 24.0. The standard InChI is InChI=1S/C18H30O2.C17H28O2.C16H26O2.3C15H28O2.2C6H8O3/c1-5-17(3,4)16(19)20-18(6-2)14-8-12-7-13(10-14)11-15(18)9-12;1-4-17(7-5-6-8-17)19-16(18)15-10-13-9-14(15)12(3)11(13)2;1-4-10(2)15(17)18-16(3)13-6-11-5-12(8-13)9-14(16)7-11;3*1-10-11(2)13-8-12(10)9-14(13)15(16)6-4-5-7-17-3;2*1-3-4(2)6(8)9-5(3)7/h12-15H,5-11H2,1-4H3;11-15H,4-10H2,1-3H3;10-14H,4-9H2,1-3H3;3*10-16H,4-9H2,1-3H3;2*3-4H,1-2H3. The molecule has 17 saturated carbocycles. The number of fused-ring (bicyclic) bond motifs is 8. The quantitative estimate of drug-likeness (QED) is 0.0285. The van der Waals surface area contributed by atoms with Crippen LogP contribution in [0.3, 0.4) is 0 Å². The highest BCUT2D eigenvalue weighted by molar-refractivity contribution is 5.96. The van der Waals surface area contributed by atoms with E-state index in [1.807, 2.05) is 20.8 Å². The Kier molecular flexibility index (Phi) is 38.3. The summed E-state index contributed by atoms with van der Waals surface area (Å²) in [6.45, 7) is 45.1. The second-order valence-corrected chi connectivity index (χ2v) is 46.5. The van der Waals surface area contributed by atoms with Gasteiger partial charge < -0.3 is 53.2 Å². The molecule has 0 spiro atoms. The fourth-order valence-corrected chi connectivity index (χ4v) is 29.2. The first-order valence-corrected chi connectivity index (χ1v) is 52.4. The highest BCUT2D eigenvalue weighted by atomic mass is 16.6. The van der Waals surface area contributed by atoms with E-state index in [0.717, 1.165) is 229 Å². The Morgan fingerprint density at radius 1 is 0.413 bits per heavy atom. The third-order valence-corrected chi connectivity index (χ3v) is 39.6. The van der Waals surface area contributed by atoms with Crippen molar-refractivity contribution in [2.75, 3.05) is 41.2 Å². The first-order chi connectivity index (χ1) is 59.7. The number of aliphatic hydroxyl groups is 3. The lowest BCUT2D eigenvalue weighted by molar-refractivity contribution is -0.218. The minimum atomic E-state index is -0.396. The predicted molar refractivity (Wildman–Crippen MR) is 495 cm³/mol. The summed E-state index contributed by atoms with van der Waals surface area (Å²) in [7, 11) is 5.24. The molecule has 2 heterocycles. The van der Waals surface area contributed by atoms with Gasteiger partial charge in [0.25, 0.3) is 0 Å². The van der Waals surface area contributed by atoms with E-state index in [1.54, 1.807) is 49.0 Å². The maximum Gasteiger partial charge on any atom is 0.317 e. The molecule has 16 bridgehead atoms. The summed E-state index contributed by atoms with van der Waals surface area (Å²) in [5.74, 6) is 19.0. The fraction of sp³-hybridized carbons (Fsp3) is 0.935. The molecule has 28 atom stereocenters. The molecule has 0 aromatic rings. The molecule has 2 saturated heterocycles. The van der Waals surface area contributed by atoms with Crippen LogP contribution in [0.5, 0.6) is 0 Å². The molecule has 0 aromatic heterocycles. The second kappa shape index (κ2) is 46.1. The monoisotopic (exact) mass is 1770 g/mol. The van der Waals surface area contributed by atoms with Crippen LogP contribution in [0, 0.1) is 201 Å². The average molecular weight is 1770 g/mol. The number of rotatable bonds is 28. The van der Waals surface area contributed by atoms with E-state index < -0.39 is 23.9 Å². The van der Waals surface area contributed by atoms with Gasteiger partial charge in [-0.25, -0.2) is 0 Å². The lowest BCUT2D eigenvalue weighted by atomic mass is 9.49. The Balaban J connectivity index is 0.000000152. The van der Waals surface area contributed by atoms with Gasteiger partial charge in [-0.05, 0) is 405 Å². The summed E-state index contributed by atoms with van der Waals surface area (Å²) < 4.78 is 42.1. The number of ether oxygens (including phenoxy) is 8. The molecular weight excluding hydrogens is 1590 g/mol. The van der Waals surface area contributed by atoms with E-state index in [-0.39, 0.29) is 93.9 Å². The summed E-state index contributed by atoms with van der Waals surface area (Å²) in [6, 6.07) is 0. The summed E-state index contributed by atoms with van der Waals surface area (Å²) in [5.41, 5.74) is -0.713. The average Bonchev–Trinajstić information content (AvgIpc) is 1.51. The maximum absolute atomic E-state index is 12.6. The number of hydrogen-bond acceptors (Lipinski definition) is 18. The molecule has 19 rings (SSSR count). The number of hydrogen-bond donors (Lipinski definition) is 3. The molecule has 0 radical (unpaired) electrons. The summed E-state index contributed by atoms with van der Waals surface area (Å²) in [6.07, 6.45) is 41.3. The van der Waals surface area contributed by atoms with E-state index in [2.05, 4.69) is 99.5 Å². The van der Waals surface area contributed by atoms with Gasteiger partial charge in [0, 0.05) is 41.2 Å².